The SMILES string of the molecule is CCc1[nH]nc(C(=O)N2CCCC2c2ncc(Cc3ccccc3Cl)o2)c1C. The molecule has 0 aliphatic carbocycles. The minimum absolute atomic E-state index is 0.0678. The summed E-state index contributed by atoms with van der Waals surface area (Å²) in [5, 5.41) is 7.93. The highest BCUT2D eigenvalue weighted by atomic mass is 35.5. The molecule has 1 aromatic carbocycles. The van der Waals surface area contributed by atoms with Gasteiger partial charge in [-0.05, 0) is 37.8 Å². The van der Waals surface area contributed by atoms with Crippen LogP contribution < -0.4 is 0 Å². The molecule has 6 nitrogen and oxygen atoms in total. The van der Waals surface area contributed by atoms with Crippen LogP contribution in [-0.4, -0.2) is 32.5 Å². The Balaban J connectivity index is 1.54. The second-order valence-corrected chi connectivity index (χ2v) is 7.53. The fourth-order valence-electron chi connectivity index (χ4n) is 3.78. The molecule has 0 bridgehead atoms. The van der Waals surface area contributed by atoms with E-state index in [1.165, 1.54) is 0 Å². The molecular weight excluding hydrogens is 376 g/mol. The fourth-order valence-corrected chi connectivity index (χ4v) is 3.98. The second-order valence-electron chi connectivity index (χ2n) is 7.12. The first-order valence-electron chi connectivity index (χ1n) is 9.61. The predicted molar refractivity (Wildman–Crippen MR) is 106 cm³/mol. The number of hydrogen-bond donors (Lipinski definition) is 1. The summed E-state index contributed by atoms with van der Waals surface area (Å²) in [5.41, 5.74) is 3.40. The zero-order valence-electron chi connectivity index (χ0n) is 16.0. The van der Waals surface area contributed by atoms with Crippen molar-refractivity contribution in [3.8, 4) is 0 Å². The Morgan fingerprint density at radius 3 is 2.96 bits per heavy atom. The van der Waals surface area contributed by atoms with Crippen LogP contribution in [0.2, 0.25) is 5.02 Å². The molecule has 4 rings (SSSR count). The number of aromatic amines is 1. The minimum Gasteiger partial charge on any atom is -0.443 e. The molecule has 28 heavy (non-hydrogen) atoms. The van der Waals surface area contributed by atoms with Gasteiger partial charge in [-0.3, -0.25) is 9.89 Å². The minimum atomic E-state index is -0.159. The van der Waals surface area contributed by atoms with Gasteiger partial charge in [-0.15, -0.1) is 0 Å². The van der Waals surface area contributed by atoms with Gasteiger partial charge in [0.25, 0.3) is 5.91 Å². The van der Waals surface area contributed by atoms with E-state index in [9.17, 15) is 4.79 Å². The first-order valence-corrected chi connectivity index (χ1v) is 9.99. The zero-order chi connectivity index (χ0) is 19.7. The number of nitrogens with one attached hydrogen (secondary N) is 1. The van der Waals surface area contributed by atoms with Crippen LogP contribution in [0.4, 0.5) is 0 Å². The van der Waals surface area contributed by atoms with Crippen LogP contribution in [0.15, 0.2) is 34.9 Å². The fraction of sp³-hybridized carbons (Fsp3) is 0.381. The first kappa shape index (κ1) is 18.7. The average molecular weight is 399 g/mol. The highest BCUT2D eigenvalue weighted by Gasteiger charge is 2.35. The molecule has 7 heteroatoms. The van der Waals surface area contributed by atoms with Crippen molar-refractivity contribution >= 4 is 17.5 Å². The van der Waals surface area contributed by atoms with Gasteiger partial charge in [0.15, 0.2) is 5.69 Å². The number of halogens is 1. The molecule has 0 saturated carbocycles. The number of benzene rings is 1. The Labute approximate surface area is 168 Å². The second kappa shape index (κ2) is 7.80. The van der Waals surface area contributed by atoms with Crippen LogP contribution in [0.1, 0.15) is 64.8 Å². The molecular formula is C21H23ClN4O2. The number of H-pyrrole nitrogens is 1. The Morgan fingerprint density at radius 2 is 2.21 bits per heavy atom. The number of carbonyl (C=O) groups excluding carboxylic acids is 1. The monoisotopic (exact) mass is 398 g/mol. The molecule has 0 spiro atoms. The van der Waals surface area contributed by atoms with Crippen LogP contribution >= 0.6 is 11.6 Å². The van der Waals surface area contributed by atoms with E-state index in [0.717, 1.165) is 41.8 Å². The highest BCUT2D eigenvalue weighted by Crippen LogP contribution is 2.33. The number of aryl methyl sites for hydroxylation is 1. The van der Waals surface area contributed by atoms with E-state index >= 15 is 0 Å². The summed E-state index contributed by atoms with van der Waals surface area (Å²) in [4.78, 5) is 19.4. The summed E-state index contributed by atoms with van der Waals surface area (Å²) in [7, 11) is 0. The van der Waals surface area contributed by atoms with Crippen molar-refractivity contribution in [2.45, 2.75) is 45.6 Å². The molecule has 1 fully saturated rings. The van der Waals surface area contributed by atoms with Crippen molar-refractivity contribution in [3.05, 3.63) is 69.7 Å². The van der Waals surface area contributed by atoms with Crippen LogP contribution in [0.3, 0.4) is 0 Å². The quantitative estimate of drug-likeness (QED) is 0.687. The van der Waals surface area contributed by atoms with Gasteiger partial charge in [0.1, 0.15) is 11.8 Å². The summed E-state index contributed by atoms with van der Waals surface area (Å²) in [6.45, 7) is 4.66. The van der Waals surface area contributed by atoms with E-state index < -0.39 is 0 Å². The van der Waals surface area contributed by atoms with Crippen LogP contribution in [-0.2, 0) is 12.8 Å². The van der Waals surface area contributed by atoms with E-state index in [1.807, 2.05) is 43.0 Å². The molecule has 1 saturated heterocycles. The molecule has 0 radical (unpaired) electrons. The number of nitrogens with zero attached hydrogens (tertiary/aromatic N) is 3. The van der Waals surface area contributed by atoms with Crippen LogP contribution in [0.5, 0.6) is 0 Å². The third-order valence-electron chi connectivity index (χ3n) is 5.36. The van der Waals surface area contributed by atoms with Crippen molar-refractivity contribution in [3.63, 3.8) is 0 Å². The maximum atomic E-state index is 13.1. The van der Waals surface area contributed by atoms with Gasteiger partial charge in [-0.25, -0.2) is 4.98 Å². The lowest BCUT2D eigenvalue weighted by molar-refractivity contribution is 0.0708. The largest absolute Gasteiger partial charge is 0.443 e. The first-order chi connectivity index (χ1) is 13.6. The Hall–Kier alpha value is -2.60. The van der Waals surface area contributed by atoms with E-state index in [4.69, 9.17) is 16.0 Å². The number of carbonyl (C=O) groups is 1. The normalized spacial score (nSPS) is 16.7. The zero-order valence-corrected chi connectivity index (χ0v) is 16.8. The number of amides is 1. The van der Waals surface area contributed by atoms with E-state index in [1.54, 1.807) is 6.20 Å². The van der Waals surface area contributed by atoms with Gasteiger partial charge in [-0.2, -0.15) is 5.10 Å². The molecule has 1 atom stereocenters. The van der Waals surface area contributed by atoms with Gasteiger partial charge in [-0.1, -0.05) is 36.7 Å². The maximum absolute atomic E-state index is 13.1. The van der Waals surface area contributed by atoms with Crippen molar-refractivity contribution < 1.29 is 9.21 Å². The van der Waals surface area contributed by atoms with Crippen LogP contribution in [0.25, 0.3) is 0 Å². The standard InChI is InChI=1S/C21H23ClN4O2/c1-3-17-13(2)19(25-24-17)21(27)26-10-6-9-18(26)20-23-12-15(28-20)11-14-7-4-5-8-16(14)22/h4-5,7-8,12,18H,3,6,9-11H2,1-2H3,(H,24,25). The molecule has 146 valence electrons. The molecule has 1 unspecified atom stereocenters. The van der Waals surface area contributed by atoms with Gasteiger partial charge in [0.05, 0.1) is 6.20 Å². The molecule has 1 N–H and O–H groups in total. The average Bonchev–Trinajstić information content (AvgIpc) is 3.42. The summed E-state index contributed by atoms with van der Waals surface area (Å²) in [6.07, 6.45) is 4.88. The van der Waals surface area contributed by atoms with Crippen LogP contribution in [0, 0.1) is 6.92 Å². The lowest BCUT2D eigenvalue weighted by Crippen LogP contribution is -2.31. The number of hydrogen-bond acceptors (Lipinski definition) is 4. The highest BCUT2D eigenvalue weighted by molar-refractivity contribution is 6.31. The lowest BCUT2D eigenvalue weighted by atomic mass is 10.1. The van der Waals surface area contributed by atoms with E-state index in [2.05, 4.69) is 15.2 Å². The van der Waals surface area contributed by atoms with Gasteiger partial charge < -0.3 is 9.32 Å². The number of rotatable bonds is 5. The van der Waals surface area contributed by atoms with Gasteiger partial charge in [0, 0.05) is 29.2 Å². The number of likely N-dealkylation sites (tertiary alicyclic amines) is 1. The van der Waals surface area contributed by atoms with Gasteiger partial charge >= 0.3 is 0 Å². The Kier molecular flexibility index (Phi) is 5.22. The lowest BCUT2D eigenvalue weighted by Gasteiger charge is -2.21. The summed E-state index contributed by atoms with van der Waals surface area (Å²) in [5.74, 6) is 1.25. The van der Waals surface area contributed by atoms with Crippen molar-refractivity contribution in [1.82, 2.24) is 20.1 Å². The third kappa shape index (κ3) is 3.44. The molecule has 1 aliphatic rings. The van der Waals surface area contributed by atoms with Crippen molar-refractivity contribution in [1.29, 1.82) is 0 Å². The smallest absolute Gasteiger partial charge is 0.275 e. The molecule has 1 amide bonds. The Morgan fingerprint density at radius 1 is 1.39 bits per heavy atom. The summed E-state index contributed by atoms with van der Waals surface area (Å²) < 4.78 is 6.01. The number of oxazole rings is 1. The molecule has 2 aromatic heterocycles. The Bertz CT molecular complexity index is 994. The maximum Gasteiger partial charge on any atom is 0.275 e. The third-order valence-corrected chi connectivity index (χ3v) is 5.73. The summed E-state index contributed by atoms with van der Waals surface area (Å²) >= 11 is 6.24. The molecule has 3 heterocycles. The van der Waals surface area contributed by atoms with E-state index in [-0.39, 0.29) is 11.9 Å². The molecule has 1 aliphatic heterocycles. The topological polar surface area (TPSA) is 75.0 Å². The van der Waals surface area contributed by atoms with Gasteiger partial charge in [0.2, 0.25) is 5.89 Å². The van der Waals surface area contributed by atoms with E-state index in [0.29, 0.717) is 29.6 Å². The number of aromatic nitrogens is 3. The predicted octanol–water partition coefficient (Wildman–Crippen LogP) is 4.49. The molecule has 3 aromatic rings. The van der Waals surface area contributed by atoms with Crippen molar-refractivity contribution in [2.75, 3.05) is 6.54 Å². The summed E-state index contributed by atoms with van der Waals surface area (Å²) in [6, 6.07) is 7.53. The van der Waals surface area contributed by atoms with Crippen molar-refractivity contribution in [2.24, 2.45) is 0 Å².